The van der Waals surface area contributed by atoms with Crippen LogP contribution in [-0.4, -0.2) is 30.5 Å². The van der Waals surface area contributed by atoms with Gasteiger partial charge in [0, 0.05) is 20.1 Å². The normalized spacial score (nSPS) is 11.6. The second-order valence-corrected chi connectivity index (χ2v) is 7.25. The van der Waals surface area contributed by atoms with Gasteiger partial charge < -0.3 is 4.57 Å². The monoisotopic (exact) mass is 383 g/mol. The highest BCUT2D eigenvalue weighted by atomic mass is 16.2. The van der Waals surface area contributed by atoms with Gasteiger partial charge in [0.05, 0.1) is 6.54 Å². The fourth-order valence-corrected chi connectivity index (χ4v) is 3.46. The fraction of sp³-hybridized carbons (Fsp3) is 0.476. The van der Waals surface area contributed by atoms with E-state index in [1.807, 2.05) is 17.7 Å². The SMILES string of the molecule is CCCCn1c(=O)[nH]c(=O)c2c1nc(CN(CC)Cc1ccccc1C)n2C. The minimum Gasteiger partial charge on any atom is -0.324 e. The molecule has 0 aliphatic heterocycles. The van der Waals surface area contributed by atoms with E-state index in [-0.39, 0.29) is 11.2 Å². The van der Waals surface area contributed by atoms with Crippen molar-refractivity contribution in [1.29, 1.82) is 0 Å². The minimum atomic E-state index is -0.386. The average Bonchev–Trinajstić information content (AvgIpc) is 2.99. The van der Waals surface area contributed by atoms with Crippen LogP contribution in [0.1, 0.15) is 43.6 Å². The van der Waals surface area contributed by atoms with Crippen molar-refractivity contribution in [3.63, 3.8) is 0 Å². The number of aromatic nitrogens is 4. The summed E-state index contributed by atoms with van der Waals surface area (Å²) in [5.41, 5.74) is 2.71. The van der Waals surface area contributed by atoms with E-state index in [2.05, 4.69) is 48.9 Å². The molecule has 1 N–H and O–H groups in total. The van der Waals surface area contributed by atoms with Gasteiger partial charge in [-0.25, -0.2) is 9.78 Å². The van der Waals surface area contributed by atoms with Gasteiger partial charge in [0.1, 0.15) is 5.82 Å². The van der Waals surface area contributed by atoms with E-state index in [0.717, 1.165) is 31.8 Å². The van der Waals surface area contributed by atoms with Crippen LogP contribution >= 0.6 is 0 Å². The Hall–Kier alpha value is -2.67. The standard InChI is InChI=1S/C21H29N5O2/c1-5-7-12-26-19-18(20(27)23-21(26)28)24(4)17(22-19)14-25(6-2)13-16-11-9-8-10-15(16)3/h8-11H,5-7,12-14H2,1-4H3,(H,23,27,28). The summed E-state index contributed by atoms with van der Waals surface area (Å²) in [4.78, 5) is 34.1. The molecule has 0 amide bonds. The summed E-state index contributed by atoms with van der Waals surface area (Å²) in [5.74, 6) is 0.784. The van der Waals surface area contributed by atoms with Crippen molar-refractivity contribution in [2.75, 3.05) is 6.54 Å². The molecular formula is C21H29N5O2. The quantitative estimate of drug-likeness (QED) is 0.649. The number of H-pyrrole nitrogens is 1. The predicted octanol–water partition coefficient (Wildman–Crippen LogP) is 2.55. The number of fused-ring (bicyclic) bond motifs is 1. The number of rotatable bonds is 8. The van der Waals surface area contributed by atoms with Crippen LogP contribution in [0.4, 0.5) is 0 Å². The highest BCUT2D eigenvalue weighted by Crippen LogP contribution is 2.15. The van der Waals surface area contributed by atoms with Crippen molar-refractivity contribution in [1.82, 2.24) is 24.0 Å². The molecule has 0 atom stereocenters. The Kier molecular flexibility index (Phi) is 6.14. The van der Waals surface area contributed by atoms with Crippen molar-refractivity contribution in [2.45, 2.75) is 53.2 Å². The first-order valence-electron chi connectivity index (χ1n) is 9.91. The van der Waals surface area contributed by atoms with Crippen molar-refractivity contribution in [3.05, 3.63) is 62.1 Å². The summed E-state index contributed by atoms with van der Waals surface area (Å²) < 4.78 is 3.40. The Labute approximate surface area is 164 Å². The van der Waals surface area contributed by atoms with Crippen molar-refractivity contribution < 1.29 is 0 Å². The van der Waals surface area contributed by atoms with Crippen LogP contribution in [0.15, 0.2) is 33.9 Å². The maximum Gasteiger partial charge on any atom is 0.330 e. The molecule has 0 saturated carbocycles. The fourth-order valence-electron chi connectivity index (χ4n) is 3.46. The summed E-state index contributed by atoms with van der Waals surface area (Å²) in [6, 6.07) is 8.35. The maximum absolute atomic E-state index is 12.4. The van der Waals surface area contributed by atoms with E-state index in [1.165, 1.54) is 11.1 Å². The van der Waals surface area contributed by atoms with Gasteiger partial charge in [-0.3, -0.25) is 19.2 Å². The zero-order chi connectivity index (χ0) is 20.3. The number of nitrogens with one attached hydrogen (secondary N) is 1. The Bertz CT molecular complexity index is 1080. The number of benzene rings is 1. The number of aryl methyl sites for hydroxylation is 3. The molecule has 0 aliphatic rings. The van der Waals surface area contributed by atoms with Crippen molar-refractivity contribution in [2.24, 2.45) is 7.05 Å². The first-order chi connectivity index (χ1) is 13.5. The van der Waals surface area contributed by atoms with E-state index in [1.54, 1.807) is 4.57 Å². The van der Waals surface area contributed by atoms with Crippen molar-refractivity contribution in [3.8, 4) is 0 Å². The number of hydrogen-bond donors (Lipinski definition) is 1. The van der Waals surface area contributed by atoms with Gasteiger partial charge in [0.15, 0.2) is 11.2 Å². The third-order valence-corrected chi connectivity index (χ3v) is 5.31. The van der Waals surface area contributed by atoms with Crippen LogP contribution in [0, 0.1) is 6.92 Å². The minimum absolute atomic E-state index is 0.379. The molecule has 0 aliphatic carbocycles. The Morgan fingerprint density at radius 1 is 1.14 bits per heavy atom. The summed E-state index contributed by atoms with van der Waals surface area (Å²) in [5, 5.41) is 0. The van der Waals surface area contributed by atoms with E-state index >= 15 is 0 Å². The van der Waals surface area contributed by atoms with Gasteiger partial charge in [-0.15, -0.1) is 0 Å². The summed E-state index contributed by atoms with van der Waals surface area (Å²) in [6.45, 7) is 9.14. The molecule has 0 unspecified atom stereocenters. The molecular weight excluding hydrogens is 354 g/mol. The third kappa shape index (κ3) is 3.94. The zero-order valence-electron chi connectivity index (χ0n) is 17.2. The molecule has 3 aromatic rings. The van der Waals surface area contributed by atoms with Crippen LogP contribution in [0.25, 0.3) is 11.2 Å². The second-order valence-electron chi connectivity index (χ2n) is 7.25. The van der Waals surface area contributed by atoms with Crippen LogP contribution in [-0.2, 0) is 26.7 Å². The first kappa shape index (κ1) is 20.1. The zero-order valence-corrected chi connectivity index (χ0v) is 17.2. The summed E-state index contributed by atoms with van der Waals surface area (Å²) in [7, 11) is 1.84. The van der Waals surface area contributed by atoms with Crippen molar-refractivity contribution >= 4 is 11.2 Å². The lowest BCUT2D eigenvalue weighted by Gasteiger charge is -2.21. The molecule has 2 aromatic heterocycles. The third-order valence-electron chi connectivity index (χ3n) is 5.31. The average molecular weight is 383 g/mol. The number of imidazole rings is 1. The molecule has 0 bridgehead atoms. The predicted molar refractivity (Wildman–Crippen MR) is 111 cm³/mol. The molecule has 0 fully saturated rings. The number of unbranched alkanes of at least 4 members (excludes halogenated alkanes) is 1. The molecule has 0 spiro atoms. The molecule has 3 rings (SSSR count). The van der Waals surface area contributed by atoms with E-state index in [0.29, 0.717) is 24.3 Å². The first-order valence-corrected chi connectivity index (χ1v) is 9.91. The Balaban J connectivity index is 1.97. The van der Waals surface area contributed by atoms with Gasteiger partial charge >= 0.3 is 5.69 Å². The van der Waals surface area contributed by atoms with E-state index < -0.39 is 0 Å². The smallest absolute Gasteiger partial charge is 0.324 e. The van der Waals surface area contributed by atoms with Crippen LogP contribution in [0.2, 0.25) is 0 Å². The largest absolute Gasteiger partial charge is 0.330 e. The summed E-state index contributed by atoms with van der Waals surface area (Å²) >= 11 is 0. The molecule has 2 heterocycles. The lowest BCUT2D eigenvalue weighted by atomic mass is 10.1. The lowest BCUT2D eigenvalue weighted by Crippen LogP contribution is -2.31. The highest BCUT2D eigenvalue weighted by molar-refractivity contribution is 5.70. The number of aromatic amines is 1. The highest BCUT2D eigenvalue weighted by Gasteiger charge is 2.18. The molecule has 28 heavy (non-hydrogen) atoms. The van der Waals surface area contributed by atoms with Crippen LogP contribution < -0.4 is 11.2 Å². The molecule has 7 heteroatoms. The Morgan fingerprint density at radius 3 is 2.57 bits per heavy atom. The molecule has 7 nitrogen and oxygen atoms in total. The molecule has 150 valence electrons. The van der Waals surface area contributed by atoms with Gasteiger partial charge in [-0.2, -0.15) is 0 Å². The number of hydrogen-bond acceptors (Lipinski definition) is 4. The Morgan fingerprint density at radius 2 is 1.89 bits per heavy atom. The maximum atomic E-state index is 12.4. The summed E-state index contributed by atoms with van der Waals surface area (Å²) in [6.07, 6.45) is 1.83. The van der Waals surface area contributed by atoms with Gasteiger partial charge in [-0.1, -0.05) is 44.5 Å². The lowest BCUT2D eigenvalue weighted by molar-refractivity contribution is 0.261. The van der Waals surface area contributed by atoms with Crippen LogP contribution in [0.3, 0.4) is 0 Å². The molecule has 1 aromatic carbocycles. The van der Waals surface area contributed by atoms with E-state index in [4.69, 9.17) is 4.98 Å². The van der Waals surface area contributed by atoms with Gasteiger partial charge in [0.25, 0.3) is 5.56 Å². The second kappa shape index (κ2) is 8.56. The van der Waals surface area contributed by atoms with Crippen LogP contribution in [0.5, 0.6) is 0 Å². The topological polar surface area (TPSA) is 75.9 Å². The molecule has 0 radical (unpaired) electrons. The van der Waals surface area contributed by atoms with E-state index in [9.17, 15) is 9.59 Å². The molecule has 0 saturated heterocycles. The van der Waals surface area contributed by atoms with Gasteiger partial charge in [0.2, 0.25) is 0 Å². The van der Waals surface area contributed by atoms with Gasteiger partial charge in [-0.05, 0) is 31.0 Å². The number of nitrogens with zero attached hydrogens (tertiary/aromatic N) is 4.